The van der Waals surface area contributed by atoms with Crippen LogP contribution in [0.5, 0.6) is 0 Å². The number of aliphatic hydroxyl groups excluding tert-OH is 1. The van der Waals surface area contributed by atoms with Crippen LogP contribution >= 0.6 is 15.9 Å². The molecule has 2 heterocycles. The Morgan fingerprint density at radius 1 is 1.53 bits per heavy atom. The van der Waals surface area contributed by atoms with Gasteiger partial charge in [0.25, 0.3) is 0 Å². The Labute approximate surface area is 97.2 Å². The summed E-state index contributed by atoms with van der Waals surface area (Å²) in [5.41, 5.74) is 6.57. The summed E-state index contributed by atoms with van der Waals surface area (Å²) in [5, 5.41) is 9.88. The normalized spacial score (nSPS) is 21.7. The van der Waals surface area contributed by atoms with E-state index in [4.69, 9.17) is 5.73 Å². The maximum absolute atomic E-state index is 9.88. The van der Waals surface area contributed by atoms with E-state index in [1.807, 2.05) is 4.90 Å². The Morgan fingerprint density at radius 3 is 3.07 bits per heavy atom. The molecular formula is C10H14BrN3O. The van der Waals surface area contributed by atoms with E-state index in [1.165, 1.54) is 0 Å². The molecule has 1 atom stereocenters. The van der Waals surface area contributed by atoms with Crippen molar-refractivity contribution in [1.82, 2.24) is 4.98 Å². The fourth-order valence-corrected chi connectivity index (χ4v) is 2.30. The van der Waals surface area contributed by atoms with Gasteiger partial charge in [0, 0.05) is 18.8 Å². The van der Waals surface area contributed by atoms with Crippen LogP contribution in [0.25, 0.3) is 0 Å². The highest BCUT2D eigenvalue weighted by molar-refractivity contribution is 9.10. The van der Waals surface area contributed by atoms with Crippen molar-refractivity contribution in [3.63, 3.8) is 0 Å². The lowest BCUT2D eigenvalue weighted by molar-refractivity contribution is 0.140. The van der Waals surface area contributed by atoms with Crippen molar-refractivity contribution in [3.8, 4) is 0 Å². The molecular weight excluding hydrogens is 258 g/mol. The minimum absolute atomic E-state index is 0.406. The van der Waals surface area contributed by atoms with Gasteiger partial charge in [-0.1, -0.05) is 0 Å². The van der Waals surface area contributed by atoms with Gasteiger partial charge in [-0.3, -0.25) is 0 Å². The molecule has 15 heavy (non-hydrogen) atoms. The van der Waals surface area contributed by atoms with Gasteiger partial charge in [0.15, 0.2) is 0 Å². The minimum Gasteiger partial charge on any atom is -0.384 e. The molecule has 0 bridgehead atoms. The smallest absolute Gasteiger partial charge is 0.126 e. The van der Waals surface area contributed by atoms with Gasteiger partial charge in [0.2, 0.25) is 0 Å². The van der Waals surface area contributed by atoms with E-state index in [0.717, 1.165) is 36.0 Å². The van der Waals surface area contributed by atoms with Crippen molar-refractivity contribution < 1.29 is 5.11 Å². The lowest BCUT2D eigenvalue weighted by atomic mass is 10.1. The predicted octanol–water partition coefficient (Wildman–Crippen LogP) is 1.74. The van der Waals surface area contributed by atoms with Gasteiger partial charge in [0.05, 0.1) is 10.2 Å². The summed E-state index contributed by atoms with van der Waals surface area (Å²) >= 11 is 3.42. The zero-order valence-corrected chi connectivity index (χ0v) is 9.94. The maximum Gasteiger partial charge on any atom is 0.126 e. The molecule has 5 heteroatoms. The van der Waals surface area contributed by atoms with E-state index in [0.29, 0.717) is 5.82 Å². The molecule has 1 aliphatic heterocycles. The van der Waals surface area contributed by atoms with Gasteiger partial charge in [-0.2, -0.15) is 0 Å². The number of nitrogens with two attached hydrogens (primary N) is 1. The Morgan fingerprint density at radius 2 is 2.33 bits per heavy atom. The van der Waals surface area contributed by atoms with E-state index >= 15 is 0 Å². The molecule has 1 aromatic rings. The van der Waals surface area contributed by atoms with Crippen LogP contribution in [-0.2, 0) is 0 Å². The third kappa shape index (κ3) is 2.23. The highest BCUT2D eigenvalue weighted by Gasteiger charge is 2.22. The molecule has 0 radical (unpaired) electrons. The molecule has 1 aromatic heterocycles. The summed E-state index contributed by atoms with van der Waals surface area (Å²) in [6, 6.07) is 1.79. The molecule has 82 valence electrons. The number of aliphatic hydroxyl groups is 1. The number of hydrogen-bond donors (Lipinski definition) is 2. The average molecular weight is 272 g/mol. The van der Waals surface area contributed by atoms with Gasteiger partial charge in [-0.05, 0) is 35.2 Å². The molecule has 0 saturated carbocycles. The highest BCUT2D eigenvalue weighted by atomic mass is 79.9. The van der Waals surface area contributed by atoms with Gasteiger partial charge in [-0.15, -0.1) is 0 Å². The lowest BCUT2D eigenvalue weighted by Gasteiger charge is -2.34. The Hall–Kier alpha value is -0.810. The topological polar surface area (TPSA) is 62.4 Å². The summed E-state index contributed by atoms with van der Waals surface area (Å²) in [4.78, 5) is 5.95. The van der Waals surface area contributed by atoms with E-state index in [2.05, 4.69) is 20.9 Å². The van der Waals surface area contributed by atoms with Crippen molar-refractivity contribution in [3.05, 3.63) is 16.7 Å². The third-order valence-electron chi connectivity index (χ3n) is 2.64. The van der Waals surface area contributed by atoms with E-state index in [-0.39, 0.29) is 0 Å². The molecule has 0 amide bonds. The van der Waals surface area contributed by atoms with Crippen molar-refractivity contribution in [1.29, 1.82) is 0 Å². The van der Waals surface area contributed by atoms with E-state index < -0.39 is 6.23 Å². The minimum atomic E-state index is -0.406. The Balaban J connectivity index is 2.30. The Kier molecular flexibility index (Phi) is 3.11. The van der Waals surface area contributed by atoms with Gasteiger partial charge >= 0.3 is 0 Å². The highest BCUT2D eigenvalue weighted by Crippen LogP contribution is 2.31. The second-order valence-electron chi connectivity index (χ2n) is 3.73. The van der Waals surface area contributed by atoms with Crippen LogP contribution in [0.1, 0.15) is 19.3 Å². The summed E-state index contributed by atoms with van der Waals surface area (Å²) in [6.07, 6.45) is 4.26. The first kappa shape index (κ1) is 10.7. The lowest BCUT2D eigenvalue weighted by Crippen LogP contribution is -2.39. The maximum atomic E-state index is 9.88. The summed E-state index contributed by atoms with van der Waals surface area (Å²) in [6.45, 7) is 0.864. The molecule has 1 fully saturated rings. The zero-order chi connectivity index (χ0) is 10.8. The van der Waals surface area contributed by atoms with Crippen LogP contribution in [-0.4, -0.2) is 22.9 Å². The van der Waals surface area contributed by atoms with Crippen LogP contribution in [0, 0.1) is 0 Å². The SMILES string of the molecule is Nc1cc(N2CCCCC2O)c(Br)cn1. The molecule has 2 rings (SSSR count). The fraction of sp³-hybridized carbons (Fsp3) is 0.500. The third-order valence-corrected chi connectivity index (χ3v) is 3.25. The molecule has 4 nitrogen and oxygen atoms in total. The predicted molar refractivity (Wildman–Crippen MR) is 63.6 cm³/mol. The molecule has 1 saturated heterocycles. The van der Waals surface area contributed by atoms with Crippen molar-refractivity contribution in [2.24, 2.45) is 0 Å². The van der Waals surface area contributed by atoms with Crippen molar-refractivity contribution >= 4 is 27.4 Å². The van der Waals surface area contributed by atoms with Crippen LogP contribution in [0.15, 0.2) is 16.7 Å². The number of hydrogen-bond acceptors (Lipinski definition) is 4. The van der Waals surface area contributed by atoms with Crippen LogP contribution in [0.2, 0.25) is 0 Å². The van der Waals surface area contributed by atoms with Crippen molar-refractivity contribution in [2.75, 3.05) is 17.2 Å². The van der Waals surface area contributed by atoms with Crippen LogP contribution in [0.3, 0.4) is 0 Å². The first-order chi connectivity index (χ1) is 7.18. The number of nitrogen functional groups attached to an aromatic ring is 1. The Bertz CT molecular complexity index is 359. The molecule has 3 N–H and O–H groups in total. The second kappa shape index (κ2) is 4.37. The van der Waals surface area contributed by atoms with Gasteiger partial charge in [0.1, 0.15) is 12.0 Å². The second-order valence-corrected chi connectivity index (χ2v) is 4.58. The van der Waals surface area contributed by atoms with Crippen LogP contribution < -0.4 is 10.6 Å². The standard InChI is InChI=1S/C10H14BrN3O/c11-7-6-13-9(12)5-8(7)14-4-2-1-3-10(14)15/h5-6,10,15H,1-4H2,(H2,12,13). The number of halogens is 1. The molecule has 0 aromatic carbocycles. The average Bonchev–Trinajstić information content (AvgIpc) is 2.23. The number of piperidine rings is 1. The summed E-state index contributed by atoms with van der Waals surface area (Å²) < 4.78 is 0.873. The molecule has 0 spiro atoms. The van der Waals surface area contributed by atoms with Crippen LogP contribution in [0.4, 0.5) is 11.5 Å². The molecule has 0 aliphatic carbocycles. The largest absolute Gasteiger partial charge is 0.384 e. The summed E-state index contributed by atoms with van der Waals surface area (Å²) in [7, 11) is 0. The van der Waals surface area contributed by atoms with Crippen molar-refractivity contribution in [2.45, 2.75) is 25.5 Å². The van der Waals surface area contributed by atoms with E-state index in [1.54, 1.807) is 12.3 Å². The first-order valence-corrected chi connectivity index (χ1v) is 5.83. The molecule has 1 aliphatic rings. The quantitative estimate of drug-likeness (QED) is 0.817. The number of pyridine rings is 1. The van der Waals surface area contributed by atoms with Gasteiger partial charge in [-0.25, -0.2) is 4.98 Å². The zero-order valence-electron chi connectivity index (χ0n) is 8.36. The van der Waals surface area contributed by atoms with E-state index in [9.17, 15) is 5.11 Å². The summed E-state index contributed by atoms with van der Waals surface area (Å²) in [5.74, 6) is 0.478. The number of aromatic nitrogens is 1. The number of anilines is 2. The molecule has 1 unspecified atom stereocenters. The number of nitrogens with zero attached hydrogens (tertiary/aromatic N) is 2. The van der Waals surface area contributed by atoms with Gasteiger partial charge < -0.3 is 15.7 Å². The first-order valence-electron chi connectivity index (χ1n) is 5.04. The number of rotatable bonds is 1. The fourth-order valence-electron chi connectivity index (χ4n) is 1.86. The monoisotopic (exact) mass is 271 g/mol.